The van der Waals surface area contributed by atoms with Crippen molar-refractivity contribution in [1.29, 1.82) is 0 Å². The molecule has 0 bridgehead atoms. The number of phenolic OH excluding ortho intramolecular Hbond substituents is 1. The molecule has 2 heterocycles. The van der Waals surface area contributed by atoms with Gasteiger partial charge >= 0.3 is 6.03 Å². The molecule has 1 aromatic heterocycles. The summed E-state index contributed by atoms with van der Waals surface area (Å²) in [5.74, 6) is -0.178. The molecule has 3 amide bonds. The Morgan fingerprint density at radius 2 is 1.67 bits per heavy atom. The average Bonchev–Trinajstić information content (AvgIpc) is 3.24. The van der Waals surface area contributed by atoms with Crippen molar-refractivity contribution in [2.24, 2.45) is 0 Å². The average molecular weight is 359 g/mol. The smallest absolute Gasteiger partial charge is 0.329 e. The molecular weight excluding hydrogens is 342 g/mol. The fourth-order valence-electron chi connectivity index (χ4n) is 2.99. The minimum absolute atomic E-state index is 0.181. The number of rotatable bonds is 4. The van der Waals surface area contributed by atoms with E-state index in [2.05, 4.69) is 5.32 Å². The highest BCUT2D eigenvalue weighted by molar-refractivity contribution is 6.13. The van der Waals surface area contributed by atoms with Crippen molar-refractivity contribution in [3.8, 4) is 11.4 Å². The molecule has 1 fully saturated rings. The molecule has 6 nitrogen and oxygen atoms in total. The van der Waals surface area contributed by atoms with Crippen LogP contribution < -0.4 is 5.32 Å². The van der Waals surface area contributed by atoms with E-state index >= 15 is 0 Å². The number of nitrogens with one attached hydrogen (secondary N) is 1. The number of phenols is 1. The highest BCUT2D eigenvalue weighted by Crippen LogP contribution is 2.21. The first-order valence-corrected chi connectivity index (χ1v) is 8.47. The van der Waals surface area contributed by atoms with E-state index < -0.39 is 6.03 Å². The fraction of sp³-hybridized carbons (Fsp3) is 0.0476. The zero-order valence-corrected chi connectivity index (χ0v) is 14.4. The number of amides is 3. The monoisotopic (exact) mass is 359 g/mol. The Bertz CT molecular complexity index is 1020. The number of carbonyl (C=O) groups excluding carboxylic acids is 2. The van der Waals surface area contributed by atoms with Crippen molar-refractivity contribution < 1.29 is 14.7 Å². The summed E-state index contributed by atoms with van der Waals surface area (Å²) in [6.45, 7) is 0.224. The van der Waals surface area contributed by atoms with Crippen LogP contribution in [0.1, 0.15) is 11.3 Å². The summed E-state index contributed by atoms with van der Waals surface area (Å²) in [4.78, 5) is 26.1. The highest BCUT2D eigenvalue weighted by Gasteiger charge is 2.33. The number of hydrogen-bond donors (Lipinski definition) is 2. The maximum Gasteiger partial charge on any atom is 0.329 e. The lowest BCUT2D eigenvalue weighted by Gasteiger charge is -2.11. The Labute approximate surface area is 156 Å². The van der Waals surface area contributed by atoms with E-state index in [0.717, 1.165) is 16.9 Å². The molecule has 3 aromatic rings. The van der Waals surface area contributed by atoms with Crippen LogP contribution >= 0.6 is 0 Å². The second-order valence-electron chi connectivity index (χ2n) is 6.18. The molecule has 27 heavy (non-hydrogen) atoms. The van der Waals surface area contributed by atoms with Crippen molar-refractivity contribution in [3.63, 3.8) is 0 Å². The van der Waals surface area contributed by atoms with Crippen LogP contribution in [0.3, 0.4) is 0 Å². The van der Waals surface area contributed by atoms with Crippen LogP contribution in [0.15, 0.2) is 78.6 Å². The lowest BCUT2D eigenvalue weighted by molar-refractivity contribution is -0.123. The van der Waals surface area contributed by atoms with E-state index in [1.54, 1.807) is 30.3 Å². The first-order valence-electron chi connectivity index (χ1n) is 8.47. The molecule has 2 aromatic carbocycles. The van der Waals surface area contributed by atoms with Gasteiger partial charge in [0.15, 0.2) is 0 Å². The molecule has 1 saturated heterocycles. The van der Waals surface area contributed by atoms with Gasteiger partial charge in [-0.1, -0.05) is 30.3 Å². The summed E-state index contributed by atoms with van der Waals surface area (Å²) in [5.41, 5.74) is 2.69. The largest absolute Gasteiger partial charge is 0.508 e. The van der Waals surface area contributed by atoms with Crippen LogP contribution in [0, 0.1) is 0 Å². The van der Waals surface area contributed by atoms with Gasteiger partial charge in [0.1, 0.15) is 11.4 Å². The van der Waals surface area contributed by atoms with Crippen LogP contribution in [-0.4, -0.2) is 26.5 Å². The second-order valence-corrected chi connectivity index (χ2v) is 6.18. The van der Waals surface area contributed by atoms with Gasteiger partial charge in [-0.05, 0) is 48.0 Å². The minimum atomic E-state index is -0.433. The predicted octanol–water partition coefficient (Wildman–Crippen LogP) is 3.28. The third-order valence-electron chi connectivity index (χ3n) is 4.35. The maximum absolute atomic E-state index is 12.7. The molecule has 1 aliphatic heterocycles. The predicted molar refractivity (Wildman–Crippen MR) is 101 cm³/mol. The zero-order valence-electron chi connectivity index (χ0n) is 14.4. The van der Waals surface area contributed by atoms with E-state index in [1.165, 1.54) is 4.90 Å². The van der Waals surface area contributed by atoms with Crippen molar-refractivity contribution in [2.45, 2.75) is 6.54 Å². The molecular formula is C21H17N3O3. The molecule has 0 radical (unpaired) electrons. The SMILES string of the molecule is O=C1N/C(=C\c2cccn2-c2ccc(O)cc2)C(=O)N1Cc1ccccc1. The van der Waals surface area contributed by atoms with E-state index in [4.69, 9.17) is 0 Å². The standard InChI is InChI=1S/C21H17N3O3/c25-18-10-8-16(9-11-18)23-12-4-7-17(23)13-19-20(26)24(21(27)22-19)14-15-5-2-1-3-6-15/h1-13,25H,14H2,(H,22,27)/b19-13-. The van der Waals surface area contributed by atoms with Gasteiger partial charge in [0.2, 0.25) is 0 Å². The molecule has 0 atom stereocenters. The lowest BCUT2D eigenvalue weighted by Crippen LogP contribution is -2.30. The first kappa shape index (κ1) is 16.7. The van der Waals surface area contributed by atoms with E-state index in [0.29, 0.717) is 0 Å². The molecule has 0 saturated carbocycles. The number of aromatic hydroxyl groups is 1. The Balaban J connectivity index is 1.60. The van der Waals surface area contributed by atoms with Crippen molar-refractivity contribution in [1.82, 2.24) is 14.8 Å². The van der Waals surface area contributed by atoms with Crippen molar-refractivity contribution in [3.05, 3.63) is 89.9 Å². The number of aromatic nitrogens is 1. The van der Waals surface area contributed by atoms with Crippen LogP contribution in [0.4, 0.5) is 4.79 Å². The molecule has 0 aliphatic carbocycles. The number of hydrogen-bond acceptors (Lipinski definition) is 3. The van der Waals surface area contributed by atoms with E-state index in [9.17, 15) is 14.7 Å². The molecule has 1 aliphatic rings. The molecule has 6 heteroatoms. The van der Waals surface area contributed by atoms with Crippen molar-refractivity contribution >= 4 is 18.0 Å². The Kier molecular flexibility index (Phi) is 4.22. The number of imide groups is 1. The van der Waals surface area contributed by atoms with Crippen LogP contribution in [-0.2, 0) is 11.3 Å². The summed E-state index contributed by atoms with van der Waals surface area (Å²) >= 11 is 0. The summed E-state index contributed by atoms with van der Waals surface area (Å²) in [6.07, 6.45) is 3.50. The topological polar surface area (TPSA) is 74.6 Å². The van der Waals surface area contributed by atoms with Gasteiger partial charge in [-0.15, -0.1) is 0 Å². The fourth-order valence-corrected chi connectivity index (χ4v) is 2.99. The third kappa shape index (κ3) is 3.32. The van der Waals surface area contributed by atoms with Gasteiger partial charge < -0.3 is 15.0 Å². The van der Waals surface area contributed by atoms with Gasteiger partial charge in [-0.25, -0.2) is 4.79 Å². The minimum Gasteiger partial charge on any atom is -0.508 e. The van der Waals surface area contributed by atoms with Crippen LogP contribution in [0.5, 0.6) is 5.75 Å². The van der Waals surface area contributed by atoms with Gasteiger partial charge in [-0.3, -0.25) is 9.69 Å². The van der Waals surface area contributed by atoms with Crippen LogP contribution in [0.2, 0.25) is 0 Å². The number of carbonyl (C=O) groups is 2. The molecule has 0 unspecified atom stereocenters. The van der Waals surface area contributed by atoms with Gasteiger partial charge in [0.25, 0.3) is 5.91 Å². The Morgan fingerprint density at radius 3 is 2.41 bits per heavy atom. The molecule has 0 spiro atoms. The number of urea groups is 1. The van der Waals surface area contributed by atoms with Crippen molar-refractivity contribution in [2.75, 3.05) is 0 Å². The summed E-state index contributed by atoms with van der Waals surface area (Å²) < 4.78 is 1.87. The lowest BCUT2D eigenvalue weighted by atomic mass is 10.2. The Morgan fingerprint density at radius 1 is 0.926 bits per heavy atom. The van der Waals surface area contributed by atoms with E-state index in [1.807, 2.05) is 53.2 Å². The van der Waals surface area contributed by atoms with Gasteiger partial charge in [0, 0.05) is 17.6 Å². The summed E-state index contributed by atoms with van der Waals surface area (Å²) in [7, 11) is 0. The molecule has 2 N–H and O–H groups in total. The summed E-state index contributed by atoms with van der Waals surface area (Å²) in [5, 5.41) is 12.1. The second kappa shape index (κ2) is 6.84. The van der Waals surface area contributed by atoms with Gasteiger partial charge in [0.05, 0.1) is 6.54 Å². The third-order valence-corrected chi connectivity index (χ3v) is 4.35. The normalized spacial score (nSPS) is 15.4. The van der Waals surface area contributed by atoms with E-state index in [-0.39, 0.29) is 23.9 Å². The first-order chi connectivity index (χ1) is 13.1. The zero-order chi connectivity index (χ0) is 18.8. The number of nitrogens with zero attached hydrogens (tertiary/aromatic N) is 2. The molecule has 134 valence electrons. The van der Waals surface area contributed by atoms with Gasteiger partial charge in [-0.2, -0.15) is 0 Å². The molecule has 4 rings (SSSR count). The highest BCUT2D eigenvalue weighted by atomic mass is 16.3. The summed E-state index contributed by atoms with van der Waals surface area (Å²) in [6, 6.07) is 19.4. The number of benzene rings is 2. The maximum atomic E-state index is 12.7. The Hall–Kier alpha value is -3.80. The van der Waals surface area contributed by atoms with Crippen LogP contribution in [0.25, 0.3) is 11.8 Å². The quantitative estimate of drug-likeness (QED) is 0.555.